The van der Waals surface area contributed by atoms with Crippen LogP contribution in [0.25, 0.3) is 10.9 Å². The Labute approximate surface area is 173 Å². The fraction of sp³-hybridized carbons (Fsp3) is 0.160. The molecule has 4 rings (SSSR count). The number of anilines is 1. The third-order valence-corrected chi connectivity index (χ3v) is 5.43. The van der Waals surface area contributed by atoms with Crippen LogP contribution in [0, 0.1) is 18.6 Å². The normalized spacial score (nSPS) is 11.2. The topological polar surface area (TPSA) is 48.0 Å². The summed E-state index contributed by atoms with van der Waals surface area (Å²) in [5, 5.41) is 0.818. The summed E-state index contributed by atoms with van der Waals surface area (Å²) in [6.07, 6.45) is 0.536. The highest BCUT2D eigenvalue weighted by Crippen LogP contribution is 2.30. The van der Waals surface area contributed by atoms with Gasteiger partial charge in [-0.1, -0.05) is 36.4 Å². The summed E-state index contributed by atoms with van der Waals surface area (Å²) >= 11 is 0. The minimum Gasteiger partial charge on any atom is -0.399 e. The van der Waals surface area contributed by atoms with Gasteiger partial charge >= 0.3 is 0 Å². The zero-order chi connectivity index (χ0) is 21.3. The molecule has 0 bridgehead atoms. The van der Waals surface area contributed by atoms with Crippen LogP contribution in [0.1, 0.15) is 33.6 Å². The number of carbonyl (C=O) groups is 1. The molecule has 4 aromatic rings. The number of nitrogen functional groups attached to an aromatic ring is 1. The lowest BCUT2D eigenvalue weighted by Crippen LogP contribution is -2.06. The Morgan fingerprint density at radius 2 is 1.70 bits per heavy atom. The van der Waals surface area contributed by atoms with E-state index in [4.69, 9.17) is 5.73 Å². The first-order valence-corrected chi connectivity index (χ1v) is 9.83. The zero-order valence-corrected chi connectivity index (χ0v) is 16.7. The minimum absolute atomic E-state index is 0.0420. The van der Waals surface area contributed by atoms with Gasteiger partial charge in [0.05, 0.1) is 0 Å². The predicted octanol–water partition coefficient (Wildman–Crippen LogP) is 5.67. The summed E-state index contributed by atoms with van der Waals surface area (Å²) in [4.78, 5) is 13.2. The van der Waals surface area contributed by atoms with E-state index in [9.17, 15) is 13.6 Å². The molecular formula is C25H22F2N2O. The molecule has 0 fully saturated rings. The maximum Gasteiger partial charge on any atom is 0.165 e. The highest BCUT2D eigenvalue weighted by Gasteiger charge is 2.20. The molecule has 0 radical (unpaired) electrons. The summed E-state index contributed by atoms with van der Waals surface area (Å²) < 4.78 is 28.7. The molecular weight excluding hydrogens is 382 g/mol. The Morgan fingerprint density at radius 3 is 2.43 bits per heavy atom. The van der Waals surface area contributed by atoms with E-state index in [1.54, 1.807) is 0 Å². The third-order valence-electron chi connectivity index (χ3n) is 5.43. The number of fused-ring (bicyclic) bond motifs is 1. The Hall–Kier alpha value is -3.47. The summed E-state index contributed by atoms with van der Waals surface area (Å²) in [6, 6.07) is 19.4. The molecule has 0 aliphatic rings. The fourth-order valence-electron chi connectivity index (χ4n) is 3.90. The number of nitrogens with two attached hydrogens (primary N) is 1. The molecule has 0 aliphatic heterocycles. The second-order valence-corrected chi connectivity index (χ2v) is 7.48. The number of aryl methyl sites for hydroxylation is 1. The van der Waals surface area contributed by atoms with E-state index < -0.39 is 11.6 Å². The van der Waals surface area contributed by atoms with Crippen LogP contribution in [-0.4, -0.2) is 10.4 Å². The number of nitrogens with zero attached hydrogens (tertiary/aromatic N) is 1. The molecule has 0 saturated heterocycles. The van der Waals surface area contributed by atoms with Gasteiger partial charge in [0.25, 0.3) is 0 Å². The summed E-state index contributed by atoms with van der Waals surface area (Å²) in [5.74, 6) is -1.83. The second kappa shape index (κ2) is 8.11. The number of aromatic nitrogens is 1. The van der Waals surface area contributed by atoms with Gasteiger partial charge in [-0.25, -0.2) is 8.78 Å². The lowest BCUT2D eigenvalue weighted by Gasteiger charge is -2.09. The first-order chi connectivity index (χ1) is 14.4. The Bertz CT molecular complexity index is 1230. The number of hydrogen-bond acceptors (Lipinski definition) is 2. The first kappa shape index (κ1) is 19.8. The van der Waals surface area contributed by atoms with Gasteiger partial charge in [0.15, 0.2) is 17.4 Å². The van der Waals surface area contributed by atoms with Gasteiger partial charge in [0, 0.05) is 40.8 Å². The van der Waals surface area contributed by atoms with Crippen LogP contribution in [-0.2, 0) is 13.0 Å². The lowest BCUT2D eigenvalue weighted by molar-refractivity contribution is 0.0983. The smallest absolute Gasteiger partial charge is 0.165 e. The molecule has 152 valence electrons. The fourth-order valence-corrected chi connectivity index (χ4v) is 3.90. The van der Waals surface area contributed by atoms with Gasteiger partial charge in [0.2, 0.25) is 0 Å². The van der Waals surface area contributed by atoms with E-state index in [0.717, 1.165) is 34.3 Å². The van der Waals surface area contributed by atoms with Crippen molar-refractivity contribution in [1.29, 1.82) is 0 Å². The first-order valence-electron chi connectivity index (χ1n) is 9.83. The van der Waals surface area contributed by atoms with E-state index >= 15 is 0 Å². The molecule has 0 unspecified atom stereocenters. The SMILES string of the molecule is Cc1c(C(=O)CCc2ccc(F)c(F)c2)c2cc(N)ccc2n1Cc1ccccc1. The molecule has 30 heavy (non-hydrogen) atoms. The van der Waals surface area contributed by atoms with Crippen molar-refractivity contribution in [3.8, 4) is 0 Å². The van der Waals surface area contributed by atoms with Gasteiger partial charge < -0.3 is 10.3 Å². The number of benzene rings is 3. The quantitative estimate of drug-likeness (QED) is 0.332. The predicted molar refractivity (Wildman–Crippen MR) is 116 cm³/mol. The van der Waals surface area contributed by atoms with E-state index in [2.05, 4.69) is 4.57 Å². The van der Waals surface area contributed by atoms with Crippen molar-refractivity contribution in [3.05, 3.63) is 101 Å². The Morgan fingerprint density at radius 1 is 0.933 bits per heavy atom. The molecule has 0 amide bonds. The standard InChI is InChI=1S/C25H22F2N2O/c1-16-25(24(30)12-8-17-7-10-21(26)22(27)13-17)20-14-19(28)9-11-23(20)29(16)15-18-5-3-2-4-6-18/h2-7,9-11,13-14H,8,12,15,28H2,1H3. The van der Waals surface area contributed by atoms with Gasteiger partial charge in [-0.05, 0) is 54.8 Å². The van der Waals surface area contributed by atoms with Crippen LogP contribution in [0.4, 0.5) is 14.5 Å². The van der Waals surface area contributed by atoms with Crippen molar-refractivity contribution in [1.82, 2.24) is 4.57 Å². The van der Waals surface area contributed by atoms with Gasteiger partial charge in [-0.3, -0.25) is 4.79 Å². The van der Waals surface area contributed by atoms with Crippen molar-refractivity contribution < 1.29 is 13.6 Å². The average Bonchev–Trinajstić information content (AvgIpc) is 3.00. The van der Waals surface area contributed by atoms with Gasteiger partial charge in [-0.2, -0.15) is 0 Å². The minimum atomic E-state index is -0.900. The number of rotatable bonds is 6. The molecule has 0 saturated carbocycles. The monoisotopic (exact) mass is 404 g/mol. The number of ketones is 1. The second-order valence-electron chi connectivity index (χ2n) is 7.48. The molecule has 0 atom stereocenters. The summed E-state index contributed by atoms with van der Waals surface area (Å²) in [6.45, 7) is 2.58. The van der Waals surface area contributed by atoms with Crippen molar-refractivity contribution in [2.75, 3.05) is 5.73 Å². The van der Waals surface area contributed by atoms with Crippen molar-refractivity contribution >= 4 is 22.4 Å². The Balaban J connectivity index is 1.68. The highest BCUT2D eigenvalue weighted by atomic mass is 19.2. The zero-order valence-electron chi connectivity index (χ0n) is 16.7. The van der Waals surface area contributed by atoms with Crippen LogP contribution in [0.3, 0.4) is 0 Å². The molecule has 3 nitrogen and oxygen atoms in total. The van der Waals surface area contributed by atoms with Crippen molar-refractivity contribution in [3.63, 3.8) is 0 Å². The molecule has 1 heterocycles. The van der Waals surface area contributed by atoms with Crippen molar-refractivity contribution in [2.45, 2.75) is 26.3 Å². The van der Waals surface area contributed by atoms with Crippen LogP contribution in [0.5, 0.6) is 0 Å². The molecule has 0 aliphatic carbocycles. The average molecular weight is 404 g/mol. The van der Waals surface area contributed by atoms with Gasteiger partial charge in [-0.15, -0.1) is 0 Å². The van der Waals surface area contributed by atoms with Gasteiger partial charge in [0.1, 0.15) is 0 Å². The number of halogens is 2. The number of carbonyl (C=O) groups excluding carboxylic acids is 1. The third kappa shape index (κ3) is 3.83. The number of hydrogen-bond donors (Lipinski definition) is 1. The van der Waals surface area contributed by atoms with Crippen LogP contribution in [0.2, 0.25) is 0 Å². The van der Waals surface area contributed by atoms with Crippen LogP contribution < -0.4 is 5.73 Å². The maximum atomic E-state index is 13.5. The number of Topliss-reactive ketones (excluding diaryl/α,β-unsaturated/α-hetero) is 1. The summed E-state index contributed by atoms with van der Waals surface area (Å²) in [5.41, 5.74) is 10.8. The van der Waals surface area contributed by atoms with E-state index in [1.807, 2.05) is 55.5 Å². The molecule has 0 spiro atoms. The summed E-state index contributed by atoms with van der Waals surface area (Å²) in [7, 11) is 0. The van der Waals surface area contributed by atoms with E-state index in [-0.39, 0.29) is 12.2 Å². The molecule has 5 heteroatoms. The van der Waals surface area contributed by atoms with Crippen LogP contribution >= 0.6 is 0 Å². The van der Waals surface area contributed by atoms with Crippen LogP contribution in [0.15, 0.2) is 66.7 Å². The highest BCUT2D eigenvalue weighted by molar-refractivity contribution is 6.10. The molecule has 3 aromatic carbocycles. The maximum absolute atomic E-state index is 13.5. The van der Waals surface area contributed by atoms with E-state index in [1.165, 1.54) is 6.07 Å². The van der Waals surface area contributed by atoms with E-state index in [0.29, 0.717) is 29.8 Å². The molecule has 1 aromatic heterocycles. The van der Waals surface area contributed by atoms with Crippen molar-refractivity contribution in [2.24, 2.45) is 0 Å². The molecule has 2 N–H and O–H groups in total. The Kier molecular flexibility index (Phi) is 5.36. The largest absolute Gasteiger partial charge is 0.399 e. The lowest BCUT2D eigenvalue weighted by atomic mass is 10.00.